The van der Waals surface area contributed by atoms with Crippen molar-refractivity contribution in [3.05, 3.63) is 18.2 Å². The predicted octanol–water partition coefficient (Wildman–Crippen LogP) is 0.666. The molecule has 21 heavy (non-hydrogen) atoms. The molecule has 118 valence electrons. The number of amides is 1. The molecule has 1 aromatic heterocycles. The average Bonchev–Trinajstić information content (AvgIpc) is 2.90. The highest BCUT2D eigenvalue weighted by Crippen LogP contribution is 2.04. The Morgan fingerprint density at radius 2 is 2.24 bits per heavy atom. The van der Waals surface area contributed by atoms with Crippen LogP contribution >= 0.6 is 0 Å². The number of ether oxygens (including phenoxy) is 1. The molecule has 0 saturated carbocycles. The zero-order chi connectivity index (χ0) is 15.1. The Kier molecular flexibility index (Phi) is 6.20. The second-order valence-corrected chi connectivity index (χ2v) is 5.63. The second-order valence-electron chi connectivity index (χ2n) is 5.63. The van der Waals surface area contributed by atoms with Crippen molar-refractivity contribution in [2.45, 2.75) is 26.8 Å². The van der Waals surface area contributed by atoms with E-state index in [4.69, 9.17) is 4.74 Å². The maximum absolute atomic E-state index is 12.1. The van der Waals surface area contributed by atoms with Gasteiger partial charge in [-0.3, -0.25) is 9.69 Å². The first kappa shape index (κ1) is 16.0. The molecule has 1 aliphatic rings. The van der Waals surface area contributed by atoms with E-state index in [1.54, 1.807) is 6.20 Å². The maximum Gasteiger partial charge on any atom is 0.224 e. The molecule has 1 atom stereocenters. The van der Waals surface area contributed by atoms with Gasteiger partial charge in [0.05, 0.1) is 13.2 Å². The Morgan fingerprint density at radius 1 is 1.48 bits per heavy atom. The van der Waals surface area contributed by atoms with Crippen LogP contribution < -0.4 is 5.32 Å². The van der Waals surface area contributed by atoms with Gasteiger partial charge in [-0.2, -0.15) is 0 Å². The Hall–Kier alpha value is -1.40. The highest BCUT2D eigenvalue weighted by Gasteiger charge is 2.18. The standard InChI is InChI=1S/C15H26N4O2/c1-13(12-18-8-10-21-11-9-18)15(20)17-4-3-6-19-7-5-16-14(19)2/h5,7,13H,3-4,6,8-12H2,1-2H3,(H,17,20)/t13-/m0/s1. The number of morpholine rings is 1. The van der Waals surface area contributed by atoms with Gasteiger partial charge in [0, 0.05) is 51.0 Å². The van der Waals surface area contributed by atoms with E-state index >= 15 is 0 Å². The van der Waals surface area contributed by atoms with E-state index in [2.05, 4.69) is 19.8 Å². The molecule has 1 fully saturated rings. The van der Waals surface area contributed by atoms with E-state index in [1.807, 2.05) is 20.0 Å². The van der Waals surface area contributed by atoms with Crippen LogP contribution in [-0.2, 0) is 16.1 Å². The van der Waals surface area contributed by atoms with Crippen LogP contribution in [0.15, 0.2) is 12.4 Å². The lowest BCUT2D eigenvalue weighted by Crippen LogP contribution is -2.43. The summed E-state index contributed by atoms with van der Waals surface area (Å²) >= 11 is 0. The number of aryl methyl sites for hydroxylation is 2. The van der Waals surface area contributed by atoms with Crippen LogP contribution in [0.1, 0.15) is 19.2 Å². The molecular weight excluding hydrogens is 268 g/mol. The van der Waals surface area contributed by atoms with Gasteiger partial charge in [-0.25, -0.2) is 4.98 Å². The number of carbonyl (C=O) groups excluding carboxylic acids is 1. The number of carbonyl (C=O) groups is 1. The van der Waals surface area contributed by atoms with E-state index in [9.17, 15) is 4.79 Å². The quantitative estimate of drug-likeness (QED) is 0.751. The van der Waals surface area contributed by atoms with E-state index in [0.717, 1.165) is 51.6 Å². The van der Waals surface area contributed by atoms with E-state index in [-0.39, 0.29) is 11.8 Å². The SMILES string of the molecule is Cc1nccn1CCCNC(=O)[C@@H](C)CN1CCOCC1. The summed E-state index contributed by atoms with van der Waals surface area (Å²) in [6.45, 7) is 9.81. The zero-order valence-electron chi connectivity index (χ0n) is 13.0. The summed E-state index contributed by atoms with van der Waals surface area (Å²) in [5.74, 6) is 1.18. The second kappa shape index (κ2) is 8.14. The van der Waals surface area contributed by atoms with Gasteiger partial charge < -0.3 is 14.6 Å². The van der Waals surface area contributed by atoms with E-state index in [0.29, 0.717) is 6.54 Å². The summed E-state index contributed by atoms with van der Waals surface area (Å²) in [6.07, 6.45) is 4.70. The maximum atomic E-state index is 12.1. The van der Waals surface area contributed by atoms with Crippen molar-refractivity contribution >= 4 is 5.91 Å². The fourth-order valence-corrected chi connectivity index (χ4v) is 2.53. The van der Waals surface area contributed by atoms with Gasteiger partial charge in [0.1, 0.15) is 5.82 Å². The summed E-state index contributed by atoms with van der Waals surface area (Å²) in [7, 11) is 0. The fourth-order valence-electron chi connectivity index (χ4n) is 2.53. The van der Waals surface area contributed by atoms with Gasteiger partial charge in [0.2, 0.25) is 5.91 Å². The lowest BCUT2D eigenvalue weighted by molar-refractivity contribution is -0.125. The van der Waals surface area contributed by atoms with Crippen LogP contribution in [0.25, 0.3) is 0 Å². The molecule has 1 amide bonds. The minimum atomic E-state index is 0.0260. The average molecular weight is 294 g/mol. The summed E-state index contributed by atoms with van der Waals surface area (Å²) < 4.78 is 7.42. The Bertz CT molecular complexity index is 441. The van der Waals surface area contributed by atoms with Gasteiger partial charge in [-0.05, 0) is 13.3 Å². The Balaban J connectivity index is 1.61. The number of nitrogens with one attached hydrogen (secondary N) is 1. The normalized spacial score (nSPS) is 17.6. The molecule has 1 N–H and O–H groups in total. The van der Waals surface area contributed by atoms with E-state index in [1.165, 1.54) is 0 Å². The van der Waals surface area contributed by atoms with Gasteiger partial charge in [-0.15, -0.1) is 0 Å². The summed E-state index contributed by atoms with van der Waals surface area (Å²) in [6, 6.07) is 0. The number of hydrogen-bond acceptors (Lipinski definition) is 4. The molecule has 0 spiro atoms. The lowest BCUT2D eigenvalue weighted by Gasteiger charge is -2.28. The number of aromatic nitrogens is 2. The van der Waals surface area contributed by atoms with Crippen LogP contribution in [0, 0.1) is 12.8 Å². The minimum Gasteiger partial charge on any atom is -0.379 e. The number of nitrogens with zero attached hydrogens (tertiary/aromatic N) is 3. The first-order chi connectivity index (χ1) is 10.2. The lowest BCUT2D eigenvalue weighted by atomic mass is 10.1. The molecule has 0 unspecified atom stereocenters. The topological polar surface area (TPSA) is 59.4 Å². The van der Waals surface area contributed by atoms with Crippen LogP contribution in [0.2, 0.25) is 0 Å². The van der Waals surface area contributed by atoms with Crippen LogP contribution in [0.5, 0.6) is 0 Å². The third-order valence-corrected chi connectivity index (χ3v) is 3.88. The third-order valence-electron chi connectivity index (χ3n) is 3.88. The van der Waals surface area contributed by atoms with E-state index < -0.39 is 0 Å². The van der Waals surface area contributed by atoms with Crippen molar-refractivity contribution in [3.8, 4) is 0 Å². The molecule has 2 heterocycles. The molecule has 1 aromatic rings. The summed E-state index contributed by atoms with van der Waals surface area (Å²) in [4.78, 5) is 18.5. The minimum absolute atomic E-state index is 0.0260. The highest BCUT2D eigenvalue weighted by atomic mass is 16.5. The molecular formula is C15H26N4O2. The molecule has 2 rings (SSSR count). The zero-order valence-corrected chi connectivity index (χ0v) is 13.0. The first-order valence-electron chi connectivity index (χ1n) is 7.72. The first-order valence-corrected chi connectivity index (χ1v) is 7.72. The molecule has 0 aromatic carbocycles. The largest absolute Gasteiger partial charge is 0.379 e. The van der Waals surface area contributed by atoms with Crippen molar-refractivity contribution in [2.75, 3.05) is 39.4 Å². The monoisotopic (exact) mass is 294 g/mol. The summed E-state index contributed by atoms with van der Waals surface area (Å²) in [5.41, 5.74) is 0. The predicted molar refractivity (Wildman–Crippen MR) is 81.0 cm³/mol. The van der Waals surface area contributed by atoms with Gasteiger partial charge >= 0.3 is 0 Å². The molecule has 0 bridgehead atoms. The molecule has 6 heteroatoms. The van der Waals surface area contributed by atoms with Crippen molar-refractivity contribution in [3.63, 3.8) is 0 Å². The number of rotatable bonds is 7. The van der Waals surface area contributed by atoms with Crippen LogP contribution in [-0.4, -0.2) is 59.8 Å². The van der Waals surface area contributed by atoms with Crippen molar-refractivity contribution in [1.29, 1.82) is 0 Å². The molecule has 1 saturated heterocycles. The van der Waals surface area contributed by atoms with Crippen molar-refractivity contribution < 1.29 is 9.53 Å². The molecule has 0 aliphatic carbocycles. The van der Waals surface area contributed by atoms with Crippen molar-refractivity contribution in [1.82, 2.24) is 19.8 Å². The fraction of sp³-hybridized carbons (Fsp3) is 0.733. The highest BCUT2D eigenvalue weighted by molar-refractivity contribution is 5.78. The van der Waals surface area contributed by atoms with Crippen LogP contribution in [0.4, 0.5) is 0 Å². The number of imidazole rings is 1. The van der Waals surface area contributed by atoms with Gasteiger partial charge in [0.15, 0.2) is 0 Å². The van der Waals surface area contributed by atoms with Crippen molar-refractivity contribution in [2.24, 2.45) is 5.92 Å². The Morgan fingerprint density at radius 3 is 2.90 bits per heavy atom. The molecule has 1 aliphatic heterocycles. The molecule has 6 nitrogen and oxygen atoms in total. The van der Waals surface area contributed by atoms with Gasteiger partial charge in [-0.1, -0.05) is 6.92 Å². The summed E-state index contributed by atoms with van der Waals surface area (Å²) in [5, 5.41) is 3.02. The smallest absolute Gasteiger partial charge is 0.224 e. The van der Waals surface area contributed by atoms with Crippen LogP contribution in [0.3, 0.4) is 0 Å². The molecule has 0 radical (unpaired) electrons. The van der Waals surface area contributed by atoms with Gasteiger partial charge in [0.25, 0.3) is 0 Å². The third kappa shape index (κ3) is 5.13. The Labute approximate surface area is 126 Å². The number of hydrogen-bond donors (Lipinski definition) is 1.